The van der Waals surface area contributed by atoms with E-state index in [0.717, 1.165) is 0 Å². The molecule has 1 aromatic carbocycles. The Morgan fingerprint density at radius 3 is 2.62 bits per heavy atom. The molecule has 0 radical (unpaired) electrons. The number of furan rings is 1. The van der Waals surface area contributed by atoms with Gasteiger partial charge in [-0.05, 0) is 43.3 Å². The number of imide groups is 1. The third-order valence-corrected chi connectivity index (χ3v) is 4.26. The van der Waals surface area contributed by atoms with Crippen molar-refractivity contribution in [3.63, 3.8) is 0 Å². The number of nitrogens with zero attached hydrogens (tertiary/aromatic N) is 1. The summed E-state index contributed by atoms with van der Waals surface area (Å²) >= 11 is 0. The summed E-state index contributed by atoms with van der Waals surface area (Å²) in [5.74, 6) is -2.43. The number of rotatable bonds is 7. The molecule has 1 fully saturated rings. The van der Waals surface area contributed by atoms with Gasteiger partial charge in [0.1, 0.15) is 5.75 Å². The minimum absolute atomic E-state index is 0.0149. The molecular formula is C20H20N2O7. The first-order valence-electron chi connectivity index (χ1n) is 9.05. The van der Waals surface area contributed by atoms with Gasteiger partial charge in [-0.2, -0.15) is 0 Å². The lowest BCUT2D eigenvalue weighted by Crippen LogP contribution is -2.35. The predicted octanol–water partition coefficient (Wildman–Crippen LogP) is 1.53. The number of carbonyl (C=O) groups excluding carboxylic acids is 4. The number of esters is 1. The highest BCUT2D eigenvalue weighted by molar-refractivity contribution is 6.04. The van der Waals surface area contributed by atoms with Crippen LogP contribution in [0.4, 0.5) is 5.69 Å². The van der Waals surface area contributed by atoms with Crippen molar-refractivity contribution in [2.75, 3.05) is 24.7 Å². The highest BCUT2D eigenvalue weighted by Crippen LogP contribution is 2.27. The van der Waals surface area contributed by atoms with Gasteiger partial charge in [-0.15, -0.1) is 0 Å². The zero-order valence-electron chi connectivity index (χ0n) is 15.8. The van der Waals surface area contributed by atoms with Crippen molar-refractivity contribution in [2.24, 2.45) is 5.92 Å². The molecule has 1 N–H and O–H groups in total. The standard InChI is InChI=1S/C20H20N2O7/c1-2-27-15-7-5-14(6-8-15)22-11-13(10-18(22)24)20(26)29-12-17(23)21-19(25)16-4-3-9-28-16/h3-9,13H,2,10-12H2,1H3,(H,21,23,25). The van der Waals surface area contributed by atoms with Crippen molar-refractivity contribution in [1.29, 1.82) is 0 Å². The van der Waals surface area contributed by atoms with Gasteiger partial charge >= 0.3 is 5.97 Å². The summed E-state index contributed by atoms with van der Waals surface area (Å²) in [5, 5.41) is 2.05. The third kappa shape index (κ3) is 5.01. The van der Waals surface area contributed by atoms with Crippen LogP contribution in [-0.2, 0) is 19.1 Å². The van der Waals surface area contributed by atoms with Crippen LogP contribution >= 0.6 is 0 Å². The van der Waals surface area contributed by atoms with E-state index in [1.807, 2.05) is 12.2 Å². The molecule has 9 heteroatoms. The molecule has 3 rings (SSSR count). The van der Waals surface area contributed by atoms with E-state index in [1.165, 1.54) is 23.3 Å². The Bertz CT molecular complexity index is 890. The van der Waals surface area contributed by atoms with Crippen LogP contribution in [-0.4, -0.2) is 43.4 Å². The molecule has 0 spiro atoms. The maximum absolute atomic E-state index is 12.3. The van der Waals surface area contributed by atoms with Gasteiger partial charge in [-0.25, -0.2) is 0 Å². The quantitative estimate of drug-likeness (QED) is 0.701. The minimum Gasteiger partial charge on any atom is -0.494 e. The zero-order valence-corrected chi connectivity index (χ0v) is 15.8. The minimum atomic E-state index is -0.785. The van der Waals surface area contributed by atoms with Gasteiger partial charge in [0.05, 0.1) is 18.8 Å². The first-order valence-corrected chi connectivity index (χ1v) is 9.05. The van der Waals surface area contributed by atoms with Crippen LogP contribution in [0.5, 0.6) is 5.75 Å². The van der Waals surface area contributed by atoms with E-state index in [0.29, 0.717) is 18.0 Å². The summed E-state index contributed by atoms with van der Waals surface area (Å²) in [6, 6.07) is 9.88. The third-order valence-electron chi connectivity index (χ3n) is 4.26. The van der Waals surface area contributed by atoms with Crippen LogP contribution in [0, 0.1) is 5.92 Å². The molecule has 1 aliphatic rings. The lowest BCUT2D eigenvalue weighted by atomic mass is 10.1. The van der Waals surface area contributed by atoms with Crippen LogP contribution in [0.2, 0.25) is 0 Å². The van der Waals surface area contributed by atoms with Crippen molar-refractivity contribution in [3.8, 4) is 5.75 Å². The molecule has 1 aromatic heterocycles. The van der Waals surface area contributed by atoms with Crippen molar-refractivity contribution >= 4 is 29.4 Å². The fraction of sp³-hybridized carbons (Fsp3) is 0.300. The Balaban J connectivity index is 1.49. The molecule has 29 heavy (non-hydrogen) atoms. The number of benzene rings is 1. The van der Waals surface area contributed by atoms with Crippen LogP contribution in [0.1, 0.15) is 23.9 Å². The van der Waals surface area contributed by atoms with Crippen LogP contribution < -0.4 is 15.0 Å². The molecule has 1 aliphatic heterocycles. The van der Waals surface area contributed by atoms with E-state index >= 15 is 0 Å². The largest absolute Gasteiger partial charge is 0.494 e. The molecule has 0 saturated carbocycles. The fourth-order valence-electron chi connectivity index (χ4n) is 2.89. The van der Waals surface area contributed by atoms with Gasteiger partial charge in [-0.3, -0.25) is 24.5 Å². The second-order valence-electron chi connectivity index (χ2n) is 6.29. The average molecular weight is 400 g/mol. The number of hydrogen-bond donors (Lipinski definition) is 1. The van der Waals surface area contributed by atoms with Gasteiger partial charge in [0.15, 0.2) is 12.4 Å². The van der Waals surface area contributed by atoms with Crippen LogP contribution in [0.25, 0.3) is 0 Å². The molecule has 9 nitrogen and oxygen atoms in total. The Kier molecular flexibility index (Phi) is 6.28. The van der Waals surface area contributed by atoms with E-state index in [9.17, 15) is 19.2 Å². The van der Waals surface area contributed by atoms with E-state index in [1.54, 1.807) is 24.3 Å². The average Bonchev–Trinajstić information content (AvgIpc) is 3.37. The number of amides is 3. The number of hydrogen-bond acceptors (Lipinski definition) is 7. The second-order valence-corrected chi connectivity index (χ2v) is 6.29. The highest BCUT2D eigenvalue weighted by atomic mass is 16.5. The Hall–Kier alpha value is -3.62. The fourth-order valence-corrected chi connectivity index (χ4v) is 2.89. The first kappa shape index (κ1) is 20.1. The monoisotopic (exact) mass is 400 g/mol. The number of nitrogens with one attached hydrogen (secondary N) is 1. The Morgan fingerprint density at radius 2 is 1.97 bits per heavy atom. The summed E-state index contributed by atoms with van der Waals surface area (Å²) in [6.45, 7) is 1.94. The summed E-state index contributed by atoms with van der Waals surface area (Å²) in [7, 11) is 0. The Morgan fingerprint density at radius 1 is 1.21 bits per heavy atom. The number of anilines is 1. The van der Waals surface area contributed by atoms with Crippen molar-refractivity contribution in [1.82, 2.24) is 5.32 Å². The summed E-state index contributed by atoms with van der Waals surface area (Å²) in [5.41, 5.74) is 0.649. The Labute approximate surface area is 166 Å². The molecule has 1 unspecified atom stereocenters. The topological polar surface area (TPSA) is 115 Å². The van der Waals surface area contributed by atoms with Crippen molar-refractivity contribution in [3.05, 3.63) is 48.4 Å². The van der Waals surface area contributed by atoms with E-state index in [-0.39, 0.29) is 24.6 Å². The zero-order chi connectivity index (χ0) is 20.8. The molecule has 1 saturated heterocycles. The second kappa shape index (κ2) is 9.05. The maximum atomic E-state index is 12.3. The van der Waals surface area contributed by atoms with Crippen LogP contribution in [0.15, 0.2) is 47.1 Å². The molecule has 3 amide bonds. The molecule has 152 valence electrons. The summed E-state index contributed by atoms with van der Waals surface area (Å²) < 4.78 is 15.2. The smallest absolute Gasteiger partial charge is 0.311 e. The van der Waals surface area contributed by atoms with Crippen molar-refractivity contribution in [2.45, 2.75) is 13.3 Å². The molecule has 0 aliphatic carbocycles. The van der Waals surface area contributed by atoms with Gasteiger partial charge in [0.2, 0.25) is 5.91 Å². The highest BCUT2D eigenvalue weighted by Gasteiger charge is 2.36. The molecular weight excluding hydrogens is 380 g/mol. The van der Waals surface area contributed by atoms with E-state index in [2.05, 4.69) is 0 Å². The van der Waals surface area contributed by atoms with E-state index in [4.69, 9.17) is 13.9 Å². The van der Waals surface area contributed by atoms with Gasteiger partial charge in [0, 0.05) is 18.7 Å². The van der Waals surface area contributed by atoms with Gasteiger partial charge < -0.3 is 18.8 Å². The van der Waals surface area contributed by atoms with Gasteiger partial charge in [-0.1, -0.05) is 0 Å². The lowest BCUT2D eigenvalue weighted by molar-refractivity contribution is -0.152. The molecule has 1 atom stereocenters. The normalized spacial score (nSPS) is 15.8. The number of ether oxygens (including phenoxy) is 2. The SMILES string of the molecule is CCOc1ccc(N2CC(C(=O)OCC(=O)NC(=O)c3ccco3)CC2=O)cc1. The molecule has 2 heterocycles. The lowest BCUT2D eigenvalue weighted by Gasteiger charge is -2.17. The van der Waals surface area contributed by atoms with Gasteiger partial charge in [0.25, 0.3) is 11.8 Å². The predicted molar refractivity (Wildman–Crippen MR) is 100 cm³/mol. The van der Waals surface area contributed by atoms with E-state index < -0.39 is 30.3 Å². The first-order chi connectivity index (χ1) is 14.0. The maximum Gasteiger partial charge on any atom is 0.311 e. The summed E-state index contributed by atoms with van der Waals surface area (Å²) in [4.78, 5) is 49.4. The van der Waals surface area contributed by atoms with Crippen molar-refractivity contribution < 1.29 is 33.1 Å². The number of carbonyl (C=O) groups is 4. The molecule has 2 aromatic rings. The van der Waals surface area contributed by atoms with Crippen LogP contribution in [0.3, 0.4) is 0 Å². The summed E-state index contributed by atoms with van der Waals surface area (Å²) in [6.07, 6.45) is 1.28. The molecule has 0 bridgehead atoms.